The number of amides is 1. The lowest BCUT2D eigenvalue weighted by Crippen LogP contribution is -2.45. The third kappa shape index (κ3) is 5.24. The molecule has 0 saturated heterocycles. The van der Waals surface area contributed by atoms with Crippen molar-refractivity contribution in [3.63, 3.8) is 0 Å². The maximum atomic E-state index is 12.9. The van der Waals surface area contributed by atoms with Crippen molar-refractivity contribution in [3.05, 3.63) is 41.4 Å². The second kappa shape index (κ2) is 9.23. The normalized spacial score (nSPS) is 12.1. The van der Waals surface area contributed by atoms with Gasteiger partial charge in [0.1, 0.15) is 11.8 Å². The van der Waals surface area contributed by atoms with Crippen molar-refractivity contribution in [3.8, 4) is 17.2 Å². The molecule has 29 heavy (non-hydrogen) atoms. The van der Waals surface area contributed by atoms with Crippen LogP contribution in [0, 0.1) is 0 Å². The Labute approximate surface area is 175 Å². The lowest BCUT2D eigenvalue weighted by molar-refractivity contribution is -0.116. The summed E-state index contributed by atoms with van der Waals surface area (Å²) in [4.78, 5) is 12.9. The van der Waals surface area contributed by atoms with Crippen LogP contribution in [0.5, 0.6) is 17.2 Å². The van der Waals surface area contributed by atoms with Crippen molar-refractivity contribution in [1.82, 2.24) is 0 Å². The Morgan fingerprint density at radius 1 is 1.00 bits per heavy atom. The fraction of sp³-hybridized carbons (Fsp3) is 0.316. The summed E-state index contributed by atoms with van der Waals surface area (Å²) < 4.78 is 41.6. The van der Waals surface area contributed by atoms with E-state index in [4.69, 9.17) is 25.8 Å². The quantitative estimate of drug-likeness (QED) is 0.674. The van der Waals surface area contributed by atoms with E-state index in [1.54, 1.807) is 18.2 Å². The molecule has 2 rings (SSSR count). The standard InChI is InChI=1S/C19H23ClN2O6S/c1-12(19(23)21-15-10-13(20)6-8-16(15)26-2)22(29(5,24)25)14-7-9-17(27-3)18(11-14)28-4/h6-12H,1-5H3,(H,21,23)/t12-/m1/s1. The monoisotopic (exact) mass is 442 g/mol. The molecule has 0 bridgehead atoms. The Morgan fingerprint density at radius 2 is 1.59 bits per heavy atom. The average Bonchev–Trinajstić information content (AvgIpc) is 2.67. The van der Waals surface area contributed by atoms with Crippen molar-refractivity contribution in [1.29, 1.82) is 0 Å². The molecule has 2 aromatic carbocycles. The van der Waals surface area contributed by atoms with Crippen LogP contribution in [0.25, 0.3) is 0 Å². The zero-order valence-electron chi connectivity index (χ0n) is 16.7. The molecule has 1 amide bonds. The summed E-state index contributed by atoms with van der Waals surface area (Å²) in [5.74, 6) is 0.603. The molecule has 10 heteroatoms. The molecule has 0 aromatic heterocycles. The molecule has 2 aromatic rings. The minimum atomic E-state index is -3.80. The molecule has 0 unspecified atom stereocenters. The van der Waals surface area contributed by atoms with E-state index in [0.29, 0.717) is 28.0 Å². The van der Waals surface area contributed by atoms with Gasteiger partial charge in [-0.1, -0.05) is 11.6 Å². The first kappa shape index (κ1) is 22.6. The van der Waals surface area contributed by atoms with Gasteiger partial charge in [0.2, 0.25) is 15.9 Å². The van der Waals surface area contributed by atoms with Gasteiger partial charge >= 0.3 is 0 Å². The zero-order chi connectivity index (χ0) is 21.8. The Balaban J connectivity index is 2.41. The van der Waals surface area contributed by atoms with Crippen molar-refractivity contribution in [2.75, 3.05) is 37.2 Å². The molecule has 0 aliphatic carbocycles. The highest BCUT2D eigenvalue weighted by Crippen LogP contribution is 2.34. The third-order valence-electron chi connectivity index (χ3n) is 4.13. The largest absolute Gasteiger partial charge is 0.495 e. The van der Waals surface area contributed by atoms with Crippen LogP contribution in [0.3, 0.4) is 0 Å². The van der Waals surface area contributed by atoms with Crippen LogP contribution >= 0.6 is 11.6 Å². The van der Waals surface area contributed by atoms with E-state index in [-0.39, 0.29) is 5.69 Å². The van der Waals surface area contributed by atoms with E-state index in [2.05, 4.69) is 5.32 Å². The number of carbonyl (C=O) groups is 1. The number of halogens is 1. The number of anilines is 2. The zero-order valence-corrected chi connectivity index (χ0v) is 18.3. The van der Waals surface area contributed by atoms with Gasteiger partial charge in [-0.2, -0.15) is 0 Å². The summed E-state index contributed by atoms with van der Waals surface area (Å²) in [5.41, 5.74) is 0.587. The smallest absolute Gasteiger partial charge is 0.248 e. The number of benzene rings is 2. The van der Waals surface area contributed by atoms with Crippen LogP contribution in [0.2, 0.25) is 5.02 Å². The van der Waals surface area contributed by atoms with Gasteiger partial charge < -0.3 is 19.5 Å². The summed E-state index contributed by atoms with van der Waals surface area (Å²) in [5, 5.41) is 3.06. The predicted molar refractivity (Wildman–Crippen MR) is 113 cm³/mol. The summed E-state index contributed by atoms with van der Waals surface area (Å²) in [6.45, 7) is 1.48. The topological polar surface area (TPSA) is 94.2 Å². The number of rotatable bonds is 8. The molecule has 0 spiro atoms. The van der Waals surface area contributed by atoms with Crippen LogP contribution in [0.15, 0.2) is 36.4 Å². The fourth-order valence-electron chi connectivity index (χ4n) is 2.79. The highest BCUT2D eigenvalue weighted by Gasteiger charge is 2.30. The minimum Gasteiger partial charge on any atom is -0.495 e. The van der Waals surface area contributed by atoms with Crippen LogP contribution in [0.1, 0.15) is 6.92 Å². The van der Waals surface area contributed by atoms with Gasteiger partial charge in [0.05, 0.1) is 39.0 Å². The van der Waals surface area contributed by atoms with Gasteiger partial charge in [0.15, 0.2) is 11.5 Å². The SMILES string of the molecule is COc1ccc(Cl)cc1NC(=O)[C@@H](C)N(c1ccc(OC)c(OC)c1)S(C)(=O)=O. The summed E-state index contributed by atoms with van der Waals surface area (Å²) in [6.07, 6.45) is 1.02. The number of ether oxygens (including phenoxy) is 3. The number of sulfonamides is 1. The molecular formula is C19H23ClN2O6S. The third-order valence-corrected chi connectivity index (χ3v) is 5.61. The Hall–Kier alpha value is -2.65. The molecule has 8 nitrogen and oxygen atoms in total. The van der Waals surface area contributed by atoms with Crippen molar-refractivity contribution >= 4 is 38.9 Å². The second-order valence-corrected chi connectivity index (χ2v) is 8.40. The van der Waals surface area contributed by atoms with Crippen molar-refractivity contribution in [2.24, 2.45) is 0 Å². The second-order valence-electron chi connectivity index (χ2n) is 6.11. The number of hydrogen-bond acceptors (Lipinski definition) is 6. The van der Waals surface area contributed by atoms with E-state index in [1.165, 1.54) is 46.5 Å². The van der Waals surface area contributed by atoms with Crippen molar-refractivity contribution < 1.29 is 27.4 Å². The van der Waals surface area contributed by atoms with E-state index < -0.39 is 22.0 Å². The molecule has 0 aliphatic heterocycles. The fourth-order valence-corrected chi connectivity index (χ4v) is 4.12. The van der Waals surface area contributed by atoms with Gasteiger partial charge in [-0.05, 0) is 37.3 Å². The first-order valence-corrected chi connectivity index (χ1v) is 10.7. The molecule has 0 saturated carbocycles. The summed E-state index contributed by atoms with van der Waals surface area (Å²) in [6, 6.07) is 8.25. The van der Waals surface area contributed by atoms with E-state index >= 15 is 0 Å². The molecule has 158 valence electrons. The Kier molecular flexibility index (Phi) is 7.21. The minimum absolute atomic E-state index is 0.255. The molecule has 0 aliphatic rings. The van der Waals surface area contributed by atoms with Crippen LogP contribution in [-0.2, 0) is 14.8 Å². The van der Waals surface area contributed by atoms with Crippen LogP contribution in [-0.4, -0.2) is 48.0 Å². The average molecular weight is 443 g/mol. The number of carbonyl (C=O) groups excluding carboxylic acids is 1. The first-order valence-electron chi connectivity index (χ1n) is 8.48. The maximum Gasteiger partial charge on any atom is 0.248 e. The number of methoxy groups -OCH3 is 3. The predicted octanol–water partition coefficient (Wildman–Crippen LogP) is 3.16. The molecule has 1 atom stereocenters. The molecular weight excluding hydrogens is 420 g/mol. The highest BCUT2D eigenvalue weighted by atomic mass is 35.5. The van der Waals surface area contributed by atoms with Gasteiger partial charge in [-0.25, -0.2) is 8.42 Å². The van der Waals surface area contributed by atoms with E-state index in [0.717, 1.165) is 10.6 Å². The van der Waals surface area contributed by atoms with Gasteiger partial charge in [-0.15, -0.1) is 0 Å². The molecule has 1 N–H and O–H groups in total. The highest BCUT2D eigenvalue weighted by molar-refractivity contribution is 7.92. The van der Waals surface area contributed by atoms with Crippen LogP contribution in [0.4, 0.5) is 11.4 Å². The van der Waals surface area contributed by atoms with Gasteiger partial charge in [0.25, 0.3) is 0 Å². The lowest BCUT2D eigenvalue weighted by Gasteiger charge is -2.29. The van der Waals surface area contributed by atoms with E-state index in [1.807, 2.05) is 0 Å². The molecule has 0 heterocycles. The molecule has 0 radical (unpaired) electrons. The van der Waals surface area contributed by atoms with Gasteiger partial charge in [0, 0.05) is 11.1 Å². The Bertz CT molecular complexity index is 996. The molecule has 0 fully saturated rings. The summed E-state index contributed by atoms with van der Waals surface area (Å²) in [7, 11) is 0.560. The van der Waals surface area contributed by atoms with Crippen LogP contribution < -0.4 is 23.8 Å². The van der Waals surface area contributed by atoms with E-state index in [9.17, 15) is 13.2 Å². The van der Waals surface area contributed by atoms with Gasteiger partial charge in [-0.3, -0.25) is 9.10 Å². The summed E-state index contributed by atoms with van der Waals surface area (Å²) >= 11 is 5.99. The first-order chi connectivity index (χ1) is 13.6. The number of nitrogens with one attached hydrogen (secondary N) is 1. The number of nitrogens with zero attached hydrogens (tertiary/aromatic N) is 1. The maximum absolute atomic E-state index is 12.9. The lowest BCUT2D eigenvalue weighted by atomic mass is 10.2. The number of hydrogen-bond donors (Lipinski definition) is 1. The Morgan fingerprint density at radius 3 is 2.14 bits per heavy atom. The van der Waals surface area contributed by atoms with Crippen molar-refractivity contribution in [2.45, 2.75) is 13.0 Å².